The number of halogens is 1. The molecule has 158 valence electrons. The van der Waals surface area contributed by atoms with Gasteiger partial charge in [-0.05, 0) is 29.8 Å². The van der Waals surface area contributed by atoms with Gasteiger partial charge in [-0.2, -0.15) is 0 Å². The standard InChI is InChI=1S/C24H20FNO4S/c1-29-18-10-13-20(21(25)15-18)24-23(17-8-11-19(12-9-17)31(2,27)28)26-22(30-24)14-16-6-4-3-5-7-16/h3-13,15H,14H2,1-2H3. The molecular formula is C24H20FNO4S. The first-order valence-electron chi connectivity index (χ1n) is 9.53. The molecule has 5 nitrogen and oxygen atoms in total. The molecule has 3 aromatic carbocycles. The third-order valence-electron chi connectivity index (χ3n) is 4.85. The second-order valence-electron chi connectivity index (χ2n) is 7.09. The van der Waals surface area contributed by atoms with Gasteiger partial charge in [0.05, 0.1) is 17.6 Å². The second-order valence-corrected chi connectivity index (χ2v) is 9.11. The fourth-order valence-electron chi connectivity index (χ4n) is 3.26. The van der Waals surface area contributed by atoms with Crippen molar-refractivity contribution in [2.24, 2.45) is 0 Å². The van der Waals surface area contributed by atoms with Crippen LogP contribution in [-0.2, 0) is 16.3 Å². The first kappa shape index (κ1) is 20.8. The van der Waals surface area contributed by atoms with Crippen LogP contribution in [0.2, 0.25) is 0 Å². The molecule has 0 aliphatic rings. The summed E-state index contributed by atoms with van der Waals surface area (Å²) in [6, 6.07) is 20.5. The van der Waals surface area contributed by atoms with Crippen LogP contribution in [-0.4, -0.2) is 26.8 Å². The molecular weight excluding hydrogens is 417 g/mol. The summed E-state index contributed by atoms with van der Waals surface area (Å²) >= 11 is 0. The van der Waals surface area contributed by atoms with Crippen molar-refractivity contribution in [1.82, 2.24) is 4.98 Å². The minimum absolute atomic E-state index is 0.196. The maximum atomic E-state index is 14.8. The van der Waals surface area contributed by atoms with Crippen molar-refractivity contribution in [1.29, 1.82) is 0 Å². The number of oxazole rings is 1. The molecule has 0 fully saturated rings. The zero-order valence-electron chi connectivity index (χ0n) is 17.0. The van der Waals surface area contributed by atoms with Crippen LogP contribution in [0.25, 0.3) is 22.6 Å². The predicted molar refractivity (Wildman–Crippen MR) is 116 cm³/mol. The molecule has 31 heavy (non-hydrogen) atoms. The molecule has 0 unspecified atom stereocenters. The van der Waals surface area contributed by atoms with Crippen molar-refractivity contribution in [2.75, 3.05) is 13.4 Å². The van der Waals surface area contributed by atoms with E-state index >= 15 is 0 Å². The van der Waals surface area contributed by atoms with E-state index in [4.69, 9.17) is 9.15 Å². The van der Waals surface area contributed by atoms with Crippen molar-refractivity contribution in [3.8, 4) is 28.3 Å². The quantitative estimate of drug-likeness (QED) is 0.417. The molecule has 0 atom stereocenters. The first-order valence-corrected chi connectivity index (χ1v) is 11.4. The van der Waals surface area contributed by atoms with Crippen LogP contribution < -0.4 is 4.74 Å². The van der Waals surface area contributed by atoms with Crippen LogP contribution in [0.5, 0.6) is 5.75 Å². The fraction of sp³-hybridized carbons (Fsp3) is 0.125. The summed E-state index contributed by atoms with van der Waals surface area (Å²) in [5.41, 5.74) is 2.31. The van der Waals surface area contributed by atoms with Gasteiger partial charge < -0.3 is 9.15 Å². The van der Waals surface area contributed by atoms with Gasteiger partial charge in [0, 0.05) is 24.3 Å². The minimum Gasteiger partial charge on any atom is -0.497 e. The summed E-state index contributed by atoms with van der Waals surface area (Å²) in [5.74, 6) is 0.594. The topological polar surface area (TPSA) is 69.4 Å². The van der Waals surface area contributed by atoms with Crippen molar-refractivity contribution >= 4 is 9.84 Å². The van der Waals surface area contributed by atoms with Gasteiger partial charge in [-0.3, -0.25) is 0 Å². The Morgan fingerprint density at radius 1 is 1.00 bits per heavy atom. The fourth-order valence-corrected chi connectivity index (χ4v) is 3.89. The molecule has 0 saturated heterocycles. The molecule has 0 N–H and O–H groups in total. The Morgan fingerprint density at radius 2 is 1.71 bits per heavy atom. The Morgan fingerprint density at radius 3 is 2.32 bits per heavy atom. The summed E-state index contributed by atoms with van der Waals surface area (Å²) in [5, 5.41) is 0. The smallest absolute Gasteiger partial charge is 0.199 e. The van der Waals surface area contributed by atoms with Gasteiger partial charge in [0.15, 0.2) is 21.5 Å². The number of hydrogen-bond donors (Lipinski definition) is 0. The molecule has 0 spiro atoms. The molecule has 4 aromatic rings. The highest BCUT2D eigenvalue weighted by molar-refractivity contribution is 7.90. The Bertz CT molecular complexity index is 1310. The number of rotatable bonds is 6. The Balaban J connectivity index is 1.82. The number of sulfone groups is 1. The van der Waals surface area contributed by atoms with E-state index in [1.807, 2.05) is 30.3 Å². The summed E-state index contributed by atoms with van der Waals surface area (Å²) < 4.78 is 49.5. The van der Waals surface area contributed by atoms with Gasteiger partial charge >= 0.3 is 0 Å². The van der Waals surface area contributed by atoms with Gasteiger partial charge in [0.1, 0.15) is 17.3 Å². The molecule has 1 heterocycles. The van der Waals surface area contributed by atoms with Crippen LogP contribution in [0.1, 0.15) is 11.5 Å². The van der Waals surface area contributed by atoms with Crippen LogP contribution in [0.3, 0.4) is 0 Å². The van der Waals surface area contributed by atoms with Crippen molar-refractivity contribution < 1.29 is 22.0 Å². The number of ether oxygens (including phenoxy) is 1. The summed E-state index contributed by atoms with van der Waals surface area (Å²) in [7, 11) is -1.86. The molecule has 0 saturated carbocycles. The largest absolute Gasteiger partial charge is 0.497 e. The normalized spacial score (nSPS) is 11.5. The molecule has 1 aromatic heterocycles. The van der Waals surface area contributed by atoms with Gasteiger partial charge in [-0.1, -0.05) is 42.5 Å². The van der Waals surface area contributed by atoms with Gasteiger partial charge in [0.25, 0.3) is 0 Å². The molecule has 0 amide bonds. The Labute approximate surface area is 180 Å². The predicted octanol–water partition coefficient (Wildman–Crippen LogP) is 5.15. The van der Waals surface area contributed by atoms with E-state index < -0.39 is 15.7 Å². The van der Waals surface area contributed by atoms with E-state index in [0.29, 0.717) is 29.3 Å². The lowest BCUT2D eigenvalue weighted by atomic mass is 10.1. The van der Waals surface area contributed by atoms with Crippen molar-refractivity contribution in [3.63, 3.8) is 0 Å². The highest BCUT2D eigenvalue weighted by Crippen LogP contribution is 2.36. The van der Waals surface area contributed by atoms with Crippen LogP contribution in [0, 0.1) is 5.82 Å². The molecule has 0 bridgehead atoms. The average Bonchev–Trinajstić information content (AvgIpc) is 3.17. The highest BCUT2D eigenvalue weighted by Gasteiger charge is 2.21. The van der Waals surface area contributed by atoms with Crippen LogP contribution in [0.4, 0.5) is 4.39 Å². The van der Waals surface area contributed by atoms with E-state index in [-0.39, 0.29) is 16.2 Å². The zero-order chi connectivity index (χ0) is 22.0. The molecule has 0 aliphatic carbocycles. The van der Waals surface area contributed by atoms with Gasteiger partial charge in [0.2, 0.25) is 0 Å². The van der Waals surface area contributed by atoms with Gasteiger partial charge in [-0.15, -0.1) is 0 Å². The third-order valence-corrected chi connectivity index (χ3v) is 5.97. The maximum Gasteiger partial charge on any atom is 0.199 e. The van der Waals surface area contributed by atoms with E-state index in [1.165, 1.54) is 25.3 Å². The highest BCUT2D eigenvalue weighted by atomic mass is 32.2. The number of benzene rings is 3. The molecule has 0 radical (unpaired) electrons. The lowest BCUT2D eigenvalue weighted by Gasteiger charge is -2.06. The average molecular weight is 437 g/mol. The minimum atomic E-state index is -3.33. The lowest BCUT2D eigenvalue weighted by molar-refractivity contribution is 0.411. The summed E-state index contributed by atoms with van der Waals surface area (Å²) in [6.07, 6.45) is 1.58. The lowest BCUT2D eigenvalue weighted by Crippen LogP contribution is -1.96. The summed E-state index contributed by atoms with van der Waals surface area (Å²) in [6.45, 7) is 0. The monoisotopic (exact) mass is 437 g/mol. The third kappa shape index (κ3) is 4.51. The van der Waals surface area contributed by atoms with Crippen molar-refractivity contribution in [2.45, 2.75) is 11.3 Å². The van der Waals surface area contributed by atoms with Gasteiger partial charge in [-0.25, -0.2) is 17.8 Å². The Hall–Kier alpha value is -3.45. The zero-order valence-corrected chi connectivity index (χ0v) is 17.8. The molecule has 4 rings (SSSR count). The van der Waals surface area contributed by atoms with E-state index in [0.717, 1.165) is 11.8 Å². The van der Waals surface area contributed by atoms with Crippen molar-refractivity contribution in [3.05, 3.63) is 90.1 Å². The number of methoxy groups -OCH3 is 1. The first-order chi connectivity index (χ1) is 14.8. The SMILES string of the molecule is COc1ccc(-c2oc(Cc3ccccc3)nc2-c2ccc(S(C)(=O)=O)cc2)c(F)c1. The van der Waals surface area contributed by atoms with E-state index in [2.05, 4.69) is 4.98 Å². The Kier molecular flexibility index (Phi) is 5.61. The number of aromatic nitrogens is 1. The number of nitrogens with zero attached hydrogens (tertiary/aromatic N) is 1. The van der Waals surface area contributed by atoms with Crippen LogP contribution in [0.15, 0.2) is 82.1 Å². The maximum absolute atomic E-state index is 14.8. The molecule has 0 aliphatic heterocycles. The second kappa shape index (κ2) is 8.35. The van der Waals surface area contributed by atoms with E-state index in [1.54, 1.807) is 24.3 Å². The van der Waals surface area contributed by atoms with Crippen LogP contribution >= 0.6 is 0 Å². The summed E-state index contributed by atoms with van der Waals surface area (Å²) in [4.78, 5) is 4.81. The number of hydrogen-bond acceptors (Lipinski definition) is 5. The van der Waals surface area contributed by atoms with E-state index in [9.17, 15) is 12.8 Å². The molecule has 7 heteroatoms.